The number of hydrogen-bond acceptors (Lipinski definition) is 3. The number of aromatic amines is 1. The molecule has 1 aliphatic rings. The van der Waals surface area contributed by atoms with E-state index in [2.05, 4.69) is 45.7 Å². The molecular formula is C18H19N5O. The maximum atomic E-state index is 12.2. The van der Waals surface area contributed by atoms with Crippen molar-refractivity contribution in [3.8, 4) is 0 Å². The molecule has 6 nitrogen and oxygen atoms in total. The van der Waals surface area contributed by atoms with E-state index in [0.29, 0.717) is 13.0 Å². The van der Waals surface area contributed by atoms with Gasteiger partial charge in [0.25, 0.3) is 0 Å². The molecule has 2 aromatic heterocycles. The highest BCUT2D eigenvalue weighted by Crippen LogP contribution is 2.38. The van der Waals surface area contributed by atoms with E-state index in [1.165, 1.54) is 11.1 Å². The Hall–Kier alpha value is -2.89. The molecule has 1 unspecified atom stereocenters. The standard InChI is InChI=1S/C18H19N5O/c1-11-4-3-5-13(8-11)10-23-18-17(12(2)22-23)14(9-16(24)20-18)15-6-7-19-21-15/h3-8,14H,9-10H2,1-2H3,(H,19,21)(H,20,24). The molecule has 2 N–H and O–H groups in total. The van der Waals surface area contributed by atoms with Crippen LogP contribution in [0.5, 0.6) is 0 Å². The molecule has 0 saturated heterocycles. The van der Waals surface area contributed by atoms with Crippen LogP contribution in [-0.2, 0) is 11.3 Å². The Kier molecular flexibility index (Phi) is 3.45. The van der Waals surface area contributed by atoms with Gasteiger partial charge in [-0.1, -0.05) is 29.8 Å². The van der Waals surface area contributed by atoms with Crippen molar-refractivity contribution in [3.63, 3.8) is 0 Å². The van der Waals surface area contributed by atoms with Gasteiger partial charge in [0.2, 0.25) is 5.91 Å². The van der Waals surface area contributed by atoms with Gasteiger partial charge < -0.3 is 5.32 Å². The highest BCUT2D eigenvalue weighted by atomic mass is 16.1. The lowest BCUT2D eigenvalue weighted by Crippen LogP contribution is -2.25. The summed E-state index contributed by atoms with van der Waals surface area (Å²) in [6.07, 6.45) is 2.13. The first kappa shape index (κ1) is 14.7. The summed E-state index contributed by atoms with van der Waals surface area (Å²) >= 11 is 0. The number of H-pyrrole nitrogens is 1. The first-order valence-electron chi connectivity index (χ1n) is 8.04. The van der Waals surface area contributed by atoms with Gasteiger partial charge in [0.1, 0.15) is 5.82 Å². The fourth-order valence-corrected chi connectivity index (χ4v) is 3.44. The normalized spacial score (nSPS) is 16.8. The van der Waals surface area contributed by atoms with Crippen LogP contribution < -0.4 is 5.32 Å². The molecule has 0 fully saturated rings. The lowest BCUT2D eigenvalue weighted by Gasteiger charge is -2.23. The fourth-order valence-electron chi connectivity index (χ4n) is 3.44. The van der Waals surface area contributed by atoms with E-state index in [0.717, 1.165) is 22.8 Å². The average molecular weight is 321 g/mol. The summed E-state index contributed by atoms with van der Waals surface area (Å²) < 4.78 is 1.89. The van der Waals surface area contributed by atoms with Crippen molar-refractivity contribution in [2.24, 2.45) is 0 Å². The largest absolute Gasteiger partial charge is 0.311 e. The zero-order chi connectivity index (χ0) is 16.7. The van der Waals surface area contributed by atoms with Gasteiger partial charge >= 0.3 is 0 Å². The van der Waals surface area contributed by atoms with E-state index >= 15 is 0 Å². The van der Waals surface area contributed by atoms with E-state index in [9.17, 15) is 4.79 Å². The van der Waals surface area contributed by atoms with Crippen LogP contribution in [0.25, 0.3) is 0 Å². The molecule has 3 heterocycles. The first-order valence-corrected chi connectivity index (χ1v) is 8.04. The monoisotopic (exact) mass is 321 g/mol. The van der Waals surface area contributed by atoms with Crippen LogP contribution in [0, 0.1) is 13.8 Å². The number of anilines is 1. The van der Waals surface area contributed by atoms with Gasteiger partial charge in [-0.05, 0) is 25.5 Å². The van der Waals surface area contributed by atoms with Crippen LogP contribution in [0.1, 0.15) is 40.4 Å². The number of rotatable bonds is 3. The molecule has 1 aromatic carbocycles. The quantitative estimate of drug-likeness (QED) is 0.779. The molecule has 4 rings (SSSR count). The average Bonchev–Trinajstić information content (AvgIpc) is 3.16. The number of fused-ring (bicyclic) bond motifs is 1. The summed E-state index contributed by atoms with van der Waals surface area (Å²) in [4.78, 5) is 12.2. The summed E-state index contributed by atoms with van der Waals surface area (Å²) in [7, 11) is 0. The van der Waals surface area contributed by atoms with Crippen molar-refractivity contribution < 1.29 is 4.79 Å². The Balaban J connectivity index is 1.76. The lowest BCUT2D eigenvalue weighted by atomic mass is 9.89. The van der Waals surface area contributed by atoms with E-state index in [-0.39, 0.29) is 11.8 Å². The van der Waals surface area contributed by atoms with Crippen molar-refractivity contribution in [3.05, 3.63) is 64.6 Å². The van der Waals surface area contributed by atoms with Gasteiger partial charge in [0.15, 0.2) is 0 Å². The second kappa shape index (κ2) is 5.63. The zero-order valence-corrected chi connectivity index (χ0v) is 13.7. The molecule has 1 amide bonds. The topological polar surface area (TPSA) is 75.6 Å². The maximum absolute atomic E-state index is 12.2. The third kappa shape index (κ3) is 2.50. The van der Waals surface area contributed by atoms with Crippen molar-refractivity contribution >= 4 is 11.7 Å². The molecule has 3 aromatic rings. The molecule has 1 aliphatic heterocycles. The van der Waals surface area contributed by atoms with Crippen LogP contribution in [-0.4, -0.2) is 25.9 Å². The second-order valence-corrected chi connectivity index (χ2v) is 6.31. The number of nitrogens with zero attached hydrogens (tertiary/aromatic N) is 3. The first-order chi connectivity index (χ1) is 11.6. The van der Waals surface area contributed by atoms with Crippen molar-refractivity contribution in [1.82, 2.24) is 20.0 Å². The Bertz CT molecular complexity index is 894. The summed E-state index contributed by atoms with van der Waals surface area (Å²) in [5.41, 5.74) is 5.34. The number of benzene rings is 1. The number of hydrogen-bond donors (Lipinski definition) is 2. The SMILES string of the molecule is Cc1cccc(Cn2nc(C)c3c2NC(=O)CC3c2ccn[nH]2)c1. The molecule has 6 heteroatoms. The van der Waals surface area contributed by atoms with Crippen LogP contribution in [0.2, 0.25) is 0 Å². The number of carbonyl (C=O) groups is 1. The van der Waals surface area contributed by atoms with Crippen molar-refractivity contribution in [2.75, 3.05) is 5.32 Å². The molecule has 122 valence electrons. The van der Waals surface area contributed by atoms with E-state index in [1.54, 1.807) is 6.20 Å². The maximum Gasteiger partial charge on any atom is 0.226 e. The summed E-state index contributed by atoms with van der Waals surface area (Å²) in [5, 5.41) is 14.7. The Morgan fingerprint density at radius 2 is 2.17 bits per heavy atom. The lowest BCUT2D eigenvalue weighted by molar-refractivity contribution is -0.116. The number of aryl methyl sites for hydroxylation is 2. The van der Waals surface area contributed by atoms with Gasteiger partial charge in [-0.2, -0.15) is 10.2 Å². The van der Waals surface area contributed by atoms with Gasteiger partial charge in [-0.3, -0.25) is 9.89 Å². The minimum Gasteiger partial charge on any atom is -0.311 e. The van der Waals surface area contributed by atoms with Gasteiger partial charge in [0, 0.05) is 29.8 Å². The van der Waals surface area contributed by atoms with Crippen LogP contribution in [0.4, 0.5) is 5.82 Å². The molecule has 0 bridgehead atoms. The zero-order valence-electron chi connectivity index (χ0n) is 13.7. The summed E-state index contributed by atoms with van der Waals surface area (Å²) in [5.74, 6) is 0.778. The smallest absolute Gasteiger partial charge is 0.226 e. The van der Waals surface area contributed by atoms with Crippen LogP contribution in [0.15, 0.2) is 36.5 Å². The third-order valence-electron chi connectivity index (χ3n) is 4.48. The van der Waals surface area contributed by atoms with Crippen LogP contribution >= 0.6 is 0 Å². The number of aromatic nitrogens is 4. The van der Waals surface area contributed by atoms with Crippen molar-refractivity contribution in [2.45, 2.75) is 32.7 Å². The molecule has 0 aliphatic carbocycles. The predicted molar refractivity (Wildman–Crippen MR) is 90.9 cm³/mol. The molecule has 0 spiro atoms. The van der Waals surface area contributed by atoms with Crippen LogP contribution in [0.3, 0.4) is 0 Å². The fraction of sp³-hybridized carbons (Fsp3) is 0.278. The van der Waals surface area contributed by atoms with Gasteiger partial charge in [-0.15, -0.1) is 0 Å². The number of amides is 1. The van der Waals surface area contributed by atoms with E-state index in [4.69, 9.17) is 0 Å². The predicted octanol–water partition coefficient (Wildman–Crippen LogP) is 2.75. The van der Waals surface area contributed by atoms with E-state index in [1.807, 2.05) is 23.7 Å². The molecule has 1 atom stereocenters. The van der Waals surface area contributed by atoms with Gasteiger partial charge in [-0.25, -0.2) is 4.68 Å². The second-order valence-electron chi connectivity index (χ2n) is 6.31. The van der Waals surface area contributed by atoms with Gasteiger partial charge in [0.05, 0.1) is 12.2 Å². The van der Waals surface area contributed by atoms with E-state index < -0.39 is 0 Å². The third-order valence-corrected chi connectivity index (χ3v) is 4.48. The Morgan fingerprint density at radius 1 is 1.29 bits per heavy atom. The molecule has 0 saturated carbocycles. The minimum absolute atomic E-state index is 0.00694. The minimum atomic E-state index is -0.0255. The Labute approximate surface area is 139 Å². The summed E-state index contributed by atoms with van der Waals surface area (Å²) in [6, 6.07) is 10.3. The Morgan fingerprint density at radius 3 is 2.92 bits per heavy atom. The molecule has 24 heavy (non-hydrogen) atoms. The molecular weight excluding hydrogens is 302 g/mol. The molecule has 0 radical (unpaired) electrons. The van der Waals surface area contributed by atoms with Crippen molar-refractivity contribution in [1.29, 1.82) is 0 Å². The highest BCUT2D eigenvalue weighted by molar-refractivity contribution is 5.94. The highest BCUT2D eigenvalue weighted by Gasteiger charge is 2.32. The number of carbonyl (C=O) groups excluding carboxylic acids is 1. The summed E-state index contributed by atoms with van der Waals surface area (Å²) in [6.45, 7) is 4.70. The number of nitrogens with one attached hydrogen (secondary N) is 2.